The predicted molar refractivity (Wildman–Crippen MR) is 160 cm³/mol. The number of amides is 1. The summed E-state index contributed by atoms with van der Waals surface area (Å²) in [6.45, 7) is 2.04. The van der Waals surface area contributed by atoms with E-state index in [1.54, 1.807) is 30.3 Å². The van der Waals surface area contributed by atoms with Gasteiger partial charge in [0.2, 0.25) is 0 Å². The van der Waals surface area contributed by atoms with Gasteiger partial charge in [-0.15, -0.1) is 0 Å². The number of nitrogen functional groups attached to an aromatic ring is 1. The Bertz CT molecular complexity index is 1490. The predicted octanol–water partition coefficient (Wildman–Crippen LogP) is 5.79. The van der Waals surface area contributed by atoms with Gasteiger partial charge in [-0.25, -0.2) is 0 Å². The van der Waals surface area contributed by atoms with Crippen molar-refractivity contribution in [2.75, 3.05) is 7.11 Å². The van der Waals surface area contributed by atoms with Crippen LogP contribution in [0, 0.1) is 18.3 Å². The van der Waals surface area contributed by atoms with Gasteiger partial charge in [-0.05, 0) is 53.8 Å². The van der Waals surface area contributed by atoms with Gasteiger partial charge in [0.25, 0.3) is 5.91 Å². The summed E-state index contributed by atoms with van der Waals surface area (Å²) in [4.78, 5) is 26.5. The maximum Gasteiger partial charge on any atom is 0.311 e. The summed E-state index contributed by atoms with van der Waals surface area (Å²) < 4.78 is 5.16. The molecule has 4 N–H and O–H groups in total. The van der Waals surface area contributed by atoms with Crippen LogP contribution in [0.1, 0.15) is 32.6 Å². The molecule has 0 aliphatic carbocycles. The number of aryl methyl sites for hydroxylation is 1. The number of nitrogens with two attached hydrogens (primary N) is 1. The van der Waals surface area contributed by atoms with Crippen LogP contribution in [0.2, 0.25) is 0 Å². The highest BCUT2D eigenvalue weighted by molar-refractivity contribution is 5.96. The minimum Gasteiger partial charge on any atom is -0.469 e. The number of methoxy groups -OCH3 is 1. The number of ether oxygens (including phenoxy) is 1. The zero-order chi connectivity index (χ0) is 28.5. The van der Waals surface area contributed by atoms with Crippen LogP contribution in [0.4, 0.5) is 0 Å². The molecule has 2 atom stereocenters. The Morgan fingerprint density at radius 2 is 1.52 bits per heavy atom. The molecule has 4 aromatic rings. The van der Waals surface area contributed by atoms with E-state index in [2.05, 4.69) is 29.6 Å². The summed E-state index contributed by atoms with van der Waals surface area (Å²) >= 11 is 0. The fraction of sp³-hybridized carbons (Fsp3) is 0.147. The molecule has 0 unspecified atom stereocenters. The number of hydrogen-bond donors (Lipinski definition) is 3. The van der Waals surface area contributed by atoms with Gasteiger partial charge in [0.15, 0.2) is 0 Å². The SMILES string of the molecule is COC(=O)[C@H](Cc1cccc(C(=N)N)c1)[C@@H](/C=C/c1ccccc1)NC(=O)c1ccc(-c2ccc(C)cc2)cc1. The summed E-state index contributed by atoms with van der Waals surface area (Å²) in [6, 6.07) is 31.8. The highest BCUT2D eigenvalue weighted by atomic mass is 16.5. The topological polar surface area (TPSA) is 105 Å². The molecule has 6 heteroatoms. The maximum atomic E-state index is 13.4. The quantitative estimate of drug-likeness (QED) is 0.137. The molecule has 0 fully saturated rings. The lowest BCUT2D eigenvalue weighted by atomic mass is 9.90. The van der Waals surface area contributed by atoms with Gasteiger partial charge >= 0.3 is 5.97 Å². The molecule has 202 valence electrons. The van der Waals surface area contributed by atoms with Gasteiger partial charge in [0.05, 0.1) is 19.1 Å². The normalized spacial score (nSPS) is 12.4. The molecular formula is C34H33N3O3. The van der Waals surface area contributed by atoms with E-state index >= 15 is 0 Å². The molecule has 1 amide bonds. The third kappa shape index (κ3) is 7.32. The van der Waals surface area contributed by atoms with Crippen LogP contribution in [0.25, 0.3) is 17.2 Å². The van der Waals surface area contributed by atoms with E-state index < -0.39 is 17.9 Å². The van der Waals surface area contributed by atoms with Crippen LogP contribution < -0.4 is 11.1 Å². The van der Waals surface area contributed by atoms with E-state index in [0.717, 1.165) is 22.3 Å². The third-order valence-corrected chi connectivity index (χ3v) is 6.76. The molecule has 0 heterocycles. The summed E-state index contributed by atoms with van der Waals surface area (Å²) in [5, 5.41) is 10.8. The van der Waals surface area contributed by atoms with Crippen molar-refractivity contribution in [3.63, 3.8) is 0 Å². The number of nitrogens with one attached hydrogen (secondary N) is 2. The largest absolute Gasteiger partial charge is 0.469 e. The number of rotatable bonds is 10. The summed E-state index contributed by atoms with van der Waals surface area (Å²) in [5.41, 5.74) is 11.7. The standard InChI is InChI=1S/C34H33N3O3/c1-23-11-14-26(15-12-23)27-16-18-28(19-17-27)33(38)37-31(20-13-24-7-4-3-5-8-24)30(34(39)40-2)22-25-9-6-10-29(21-25)32(35)36/h3-21,30-31H,22H2,1-2H3,(H3,35,36)(H,37,38)/b20-13+/t30-,31-/m1/s1. The molecule has 0 bridgehead atoms. The molecule has 0 aliphatic heterocycles. The molecule has 0 saturated carbocycles. The number of esters is 1. The van der Waals surface area contributed by atoms with Gasteiger partial charge in [-0.2, -0.15) is 0 Å². The second kappa shape index (κ2) is 13.2. The summed E-state index contributed by atoms with van der Waals surface area (Å²) in [6.07, 6.45) is 3.99. The van der Waals surface area contributed by atoms with Crippen molar-refractivity contribution < 1.29 is 14.3 Å². The van der Waals surface area contributed by atoms with Crippen molar-refractivity contribution in [1.82, 2.24) is 5.32 Å². The van der Waals surface area contributed by atoms with Crippen molar-refractivity contribution in [3.8, 4) is 11.1 Å². The van der Waals surface area contributed by atoms with E-state index in [9.17, 15) is 9.59 Å². The average molecular weight is 532 g/mol. The van der Waals surface area contributed by atoms with Gasteiger partial charge < -0.3 is 15.8 Å². The summed E-state index contributed by atoms with van der Waals surface area (Å²) in [5.74, 6) is -1.53. The third-order valence-electron chi connectivity index (χ3n) is 6.76. The summed E-state index contributed by atoms with van der Waals surface area (Å²) in [7, 11) is 1.34. The highest BCUT2D eigenvalue weighted by Crippen LogP contribution is 2.22. The number of amidine groups is 1. The van der Waals surface area contributed by atoms with Crippen molar-refractivity contribution in [3.05, 3.63) is 137 Å². The molecule has 40 heavy (non-hydrogen) atoms. The second-order valence-electron chi connectivity index (χ2n) is 9.66. The average Bonchev–Trinajstić information content (AvgIpc) is 2.99. The van der Waals surface area contributed by atoms with Gasteiger partial charge in [-0.3, -0.25) is 15.0 Å². The molecule has 0 saturated heterocycles. The van der Waals surface area contributed by atoms with Crippen LogP contribution in [0.3, 0.4) is 0 Å². The first-order valence-corrected chi connectivity index (χ1v) is 13.1. The Balaban J connectivity index is 1.62. The Labute approximate surface area is 235 Å². The van der Waals surface area contributed by atoms with Crippen LogP contribution in [0.5, 0.6) is 0 Å². The highest BCUT2D eigenvalue weighted by Gasteiger charge is 2.29. The van der Waals surface area contributed by atoms with Crippen molar-refractivity contribution in [2.45, 2.75) is 19.4 Å². The Morgan fingerprint density at radius 3 is 2.15 bits per heavy atom. The van der Waals surface area contributed by atoms with E-state index in [4.69, 9.17) is 15.9 Å². The molecule has 6 nitrogen and oxygen atoms in total. The first-order valence-electron chi connectivity index (χ1n) is 13.1. The Kier molecular flexibility index (Phi) is 9.26. The lowest BCUT2D eigenvalue weighted by Crippen LogP contribution is -2.43. The minimum absolute atomic E-state index is 0.0561. The van der Waals surface area contributed by atoms with Gasteiger partial charge in [0.1, 0.15) is 5.84 Å². The van der Waals surface area contributed by atoms with E-state index in [1.165, 1.54) is 12.7 Å². The smallest absolute Gasteiger partial charge is 0.311 e. The molecule has 0 radical (unpaired) electrons. The van der Waals surface area contributed by atoms with E-state index in [-0.39, 0.29) is 18.2 Å². The van der Waals surface area contributed by atoms with Gasteiger partial charge in [0, 0.05) is 11.1 Å². The fourth-order valence-corrected chi connectivity index (χ4v) is 4.48. The zero-order valence-electron chi connectivity index (χ0n) is 22.6. The van der Waals surface area contributed by atoms with Gasteiger partial charge in [-0.1, -0.05) is 103 Å². The van der Waals surface area contributed by atoms with E-state index in [0.29, 0.717) is 11.1 Å². The Hall–Kier alpha value is -4.97. The fourth-order valence-electron chi connectivity index (χ4n) is 4.48. The van der Waals surface area contributed by atoms with Crippen LogP contribution >= 0.6 is 0 Å². The maximum absolute atomic E-state index is 13.4. The molecule has 4 aromatic carbocycles. The number of carbonyl (C=O) groups excluding carboxylic acids is 2. The lowest BCUT2D eigenvalue weighted by molar-refractivity contribution is -0.145. The number of hydrogen-bond acceptors (Lipinski definition) is 4. The van der Waals surface area contributed by atoms with Crippen molar-refractivity contribution in [2.24, 2.45) is 11.7 Å². The second-order valence-corrected chi connectivity index (χ2v) is 9.66. The minimum atomic E-state index is -0.719. The van der Waals surface area contributed by atoms with Crippen LogP contribution in [-0.4, -0.2) is 30.9 Å². The monoisotopic (exact) mass is 531 g/mol. The Morgan fingerprint density at radius 1 is 0.875 bits per heavy atom. The first-order chi connectivity index (χ1) is 19.3. The zero-order valence-corrected chi connectivity index (χ0v) is 22.6. The lowest BCUT2D eigenvalue weighted by Gasteiger charge is -2.24. The van der Waals surface area contributed by atoms with Crippen molar-refractivity contribution in [1.29, 1.82) is 5.41 Å². The number of carbonyl (C=O) groups is 2. The molecule has 0 aliphatic rings. The molecule has 0 aromatic heterocycles. The number of benzene rings is 4. The van der Waals surface area contributed by atoms with E-state index in [1.807, 2.05) is 67.6 Å². The van der Waals surface area contributed by atoms with Crippen LogP contribution in [0.15, 0.2) is 109 Å². The molecule has 4 rings (SSSR count). The van der Waals surface area contributed by atoms with Crippen molar-refractivity contribution >= 4 is 23.8 Å². The molecule has 0 spiro atoms. The first kappa shape index (κ1) is 28.0. The van der Waals surface area contributed by atoms with Crippen LogP contribution in [-0.2, 0) is 16.0 Å². The molecular weight excluding hydrogens is 498 g/mol.